The summed E-state index contributed by atoms with van der Waals surface area (Å²) in [4.78, 5) is 0. The zero-order chi connectivity index (χ0) is 6.69. The molecule has 0 saturated carbocycles. The molecule has 1 radical (unpaired) electrons. The summed E-state index contributed by atoms with van der Waals surface area (Å²) in [6.45, 7) is 3.79. The Morgan fingerprint density at radius 3 is 2.00 bits per heavy atom. The van der Waals surface area contributed by atoms with E-state index in [1.807, 2.05) is 12.2 Å². The van der Waals surface area contributed by atoms with E-state index in [9.17, 15) is 0 Å². The van der Waals surface area contributed by atoms with Gasteiger partial charge in [0.1, 0.15) is 0 Å². The summed E-state index contributed by atoms with van der Waals surface area (Å²) in [5, 5.41) is 1.29. The topological polar surface area (TPSA) is 0 Å². The summed E-state index contributed by atoms with van der Waals surface area (Å²) in [6.07, 6.45) is 10.3. The number of hydrogen-bond acceptors (Lipinski definition) is 1. The average Bonchev–Trinajstić information content (AvgIpc) is 1.90. The molecule has 0 aromatic rings. The van der Waals surface area contributed by atoms with E-state index in [1.165, 1.54) is 5.25 Å². The summed E-state index contributed by atoms with van der Waals surface area (Å²) >= 11 is 1.75. The van der Waals surface area contributed by atoms with Crippen molar-refractivity contribution in [2.24, 2.45) is 0 Å². The molecule has 0 aliphatic heterocycles. The van der Waals surface area contributed by atoms with Crippen molar-refractivity contribution >= 4 is 11.8 Å². The third kappa shape index (κ3) is 4.84. The van der Waals surface area contributed by atoms with Gasteiger partial charge in [-0.25, -0.2) is 0 Å². The molecule has 0 spiro atoms. The Bertz CT molecular complexity index is 159. The maximum atomic E-state index is 3.79. The van der Waals surface area contributed by atoms with Crippen LogP contribution in [0.1, 0.15) is 0 Å². The zero-order valence-electron chi connectivity index (χ0n) is 6.51. The van der Waals surface area contributed by atoms with Crippen LogP contribution in [0.15, 0.2) is 36.5 Å². The first-order chi connectivity index (χ1) is 4.33. The number of hydrogen-bond donors (Lipinski definition) is 0. The molecular formula is C8H9ClSZn-. The molecule has 0 unspecified atom stereocenters. The van der Waals surface area contributed by atoms with Crippen LogP contribution < -0.4 is 12.4 Å². The van der Waals surface area contributed by atoms with Crippen molar-refractivity contribution in [1.82, 2.24) is 0 Å². The molecule has 0 N–H and O–H groups in total. The summed E-state index contributed by atoms with van der Waals surface area (Å²) in [5.41, 5.74) is 1.08. The number of thioether (sulfide) groups is 1. The van der Waals surface area contributed by atoms with Gasteiger partial charge in [-0.05, 0) is 11.8 Å². The molecule has 0 heterocycles. The standard InChI is InChI=1S/C8H9S.ClH.Zn/c1-7-3-5-8(9-2)6-4-7;;/h3-6H,1H2,2H3;1H;/p-1. The summed E-state index contributed by atoms with van der Waals surface area (Å²) in [5.74, 6) is 0. The summed E-state index contributed by atoms with van der Waals surface area (Å²) in [6, 6.07) is 0. The van der Waals surface area contributed by atoms with Crippen molar-refractivity contribution in [3.63, 3.8) is 0 Å². The van der Waals surface area contributed by atoms with Crippen LogP contribution in [-0.4, -0.2) is 6.26 Å². The maximum Gasteiger partial charge on any atom is 0.0739 e. The van der Waals surface area contributed by atoms with Crippen LogP contribution >= 0.6 is 11.8 Å². The van der Waals surface area contributed by atoms with Gasteiger partial charge < -0.3 is 12.4 Å². The molecule has 0 atom stereocenters. The predicted molar refractivity (Wildman–Crippen MR) is 44.2 cm³/mol. The minimum Gasteiger partial charge on any atom is -1.00 e. The van der Waals surface area contributed by atoms with Crippen LogP contribution in [0.5, 0.6) is 0 Å². The Labute approximate surface area is 91.4 Å². The minimum atomic E-state index is 0. The fraction of sp³-hybridized carbons (Fsp3) is 0.125. The fourth-order valence-electron chi connectivity index (χ4n) is 0.626. The van der Waals surface area contributed by atoms with E-state index in [1.54, 1.807) is 11.8 Å². The van der Waals surface area contributed by atoms with E-state index in [4.69, 9.17) is 0 Å². The molecule has 0 amide bonds. The molecule has 0 fully saturated rings. The molecule has 0 bridgehead atoms. The first-order valence-electron chi connectivity index (χ1n) is 2.79. The van der Waals surface area contributed by atoms with Crippen molar-refractivity contribution in [3.05, 3.63) is 41.7 Å². The third-order valence-corrected chi connectivity index (χ3v) is 1.90. The van der Waals surface area contributed by atoms with Gasteiger partial charge in [0.05, 0.1) is 5.25 Å². The van der Waals surface area contributed by atoms with Gasteiger partial charge in [-0.15, -0.1) is 11.8 Å². The molecule has 0 aromatic carbocycles. The van der Waals surface area contributed by atoms with Gasteiger partial charge in [0.25, 0.3) is 0 Å². The van der Waals surface area contributed by atoms with E-state index >= 15 is 0 Å². The van der Waals surface area contributed by atoms with E-state index in [0.29, 0.717) is 0 Å². The Morgan fingerprint density at radius 1 is 1.18 bits per heavy atom. The molecule has 1 aliphatic rings. The van der Waals surface area contributed by atoms with Crippen LogP contribution in [0, 0.1) is 5.25 Å². The van der Waals surface area contributed by atoms with Crippen LogP contribution in [0.2, 0.25) is 0 Å². The maximum absolute atomic E-state index is 3.79. The molecule has 57 valence electrons. The van der Waals surface area contributed by atoms with Crippen molar-refractivity contribution < 1.29 is 31.9 Å². The third-order valence-electron chi connectivity index (χ3n) is 1.16. The van der Waals surface area contributed by atoms with Crippen LogP contribution in [0.25, 0.3) is 0 Å². The van der Waals surface area contributed by atoms with Crippen molar-refractivity contribution in [2.75, 3.05) is 6.26 Å². The molecule has 0 saturated heterocycles. The van der Waals surface area contributed by atoms with Crippen LogP contribution in [-0.2, 0) is 19.5 Å². The second kappa shape index (κ2) is 7.15. The van der Waals surface area contributed by atoms with Gasteiger partial charge in [0.2, 0.25) is 0 Å². The minimum absolute atomic E-state index is 0. The molecule has 3 heteroatoms. The Morgan fingerprint density at radius 2 is 1.64 bits per heavy atom. The van der Waals surface area contributed by atoms with Gasteiger partial charge in [0.15, 0.2) is 0 Å². The SMILES string of the molecule is C=C1C=C[C](SC)C=C1.[Cl-].[Zn]. The van der Waals surface area contributed by atoms with Gasteiger partial charge in [0, 0.05) is 19.5 Å². The van der Waals surface area contributed by atoms with E-state index < -0.39 is 0 Å². The normalized spacial score (nSPS) is 15.5. The molecule has 0 aromatic heterocycles. The smallest absolute Gasteiger partial charge is 0.0739 e. The molecule has 0 nitrogen and oxygen atoms in total. The van der Waals surface area contributed by atoms with E-state index in [-0.39, 0.29) is 31.9 Å². The fourth-order valence-corrected chi connectivity index (χ4v) is 1.03. The Kier molecular flexibility index (Phi) is 9.12. The number of allylic oxidation sites excluding steroid dienone is 3. The first kappa shape index (κ1) is 14.0. The van der Waals surface area contributed by atoms with Crippen LogP contribution in [0.3, 0.4) is 0 Å². The largest absolute Gasteiger partial charge is 1.00 e. The van der Waals surface area contributed by atoms with E-state index in [2.05, 4.69) is 25.0 Å². The molecular weight excluding hydrogens is 229 g/mol. The summed E-state index contributed by atoms with van der Waals surface area (Å²) < 4.78 is 0. The van der Waals surface area contributed by atoms with Crippen LogP contribution in [0.4, 0.5) is 0 Å². The molecule has 1 rings (SSSR count). The summed E-state index contributed by atoms with van der Waals surface area (Å²) in [7, 11) is 0. The average molecular weight is 238 g/mol. The number of rotatable bonds is 1. The Hall–Kier alpha value is 0.483. The molecule has 1 aliphatic carbocycles. The van der Waals surface area contributed by atoms with Crippen molar-refractivity contribution in [1.29, 1.82) is 0 Å². The second-order valence-electron chi connectivity index (χ2n) is 1.85. The number of halogens is 1. The van der Waals surface area contributed by atoms with Gasteiger partial charge in [-0.3, -0.25) is 0 Å². The zero-order valence-corrected chi connectivity index (χ0v) is 11.0. The Balaban J connectivity index is 0. The quantitative estimate of drug-likeness (QED) is 0.558. The first-order valence-corrected chi connectivity index (χ1v) is 4.01. The van der Waals surface area contributed by atoms with Gasteiger partial charge in [-0.1, -0.05) is 30.9 Å². The van der Waals surface area contributed by atoms with Gasteiger partial charge in [-0.2, -0.15) is 0 Å². The molecule has 11 heavy (non-hydrogen) atoms. The second-order valence-corrected chi connectivity index (χ2v) is 2.73. The van der Waals surface area contributed by atoms with Gasteiger partial charge >= 0.3 is 0 Å². The predicted octanol–water partition coefficient (Wildman–Crippen LogP) is -0.435. The van der Waals surface area contributed by atoms with Crippen molar-refractivity contribution in [3.8, 4) is 0 Å². The van der Waals surface area contributed by atoms with E-state index in [0.717, 1.165) is 5.57 Å². The monoisotopic (exact) mass is 236 g/mol. The van der Waals surface area contributed by atoms with Crippen molar-refractivity contribution in [2.45, 2.75) is 0 Å².